The topological polar surface area (TPSA) is 56.0 Å². The molecule has 7 heteroatoms. The van der Waals surface area contributed by atoms with E-state index < -0.39 is 17.9 Å². The average molecular weight is 248 g/mol. The fraction of sp³-hybridized carbons (Fsp3) is 0.700. The molecule has 94 valence electrons. The van der Waals surface area contributed by atoms with Gasteiger partial charge in [-0.15, -0.1) is 0 Å². The minimum absolute atomic E-state index is 0.153. The largest absolute Gasteiger partial charge is 0.450 e. The lowest BCUT2D eigenvalue weighted by Crippen LogP contribution is -2.27. The number of carbonyl (C=O) groups excluding carboxylic acids is 1. The van der Waals surface area contributed by atoms with Crippen LogP contribution < -0.4 is 0 Å². The van der Waals surface area contributed by atoms with Crippen LogP contribution >= 0.6 is 0 Å². The van der Waals surface area contributed by atoms with Crippen molar-refractivity contribution in [1.29, 1.82) is 0 Å². The Kier molecular flexibility index (Phi) is 2.71. The highest BCUT2D eigenvalue weighted by molar-refractivity contribution is 5.89. The summed E-state index contributed by atoms with van der Waals surface area (Å²) in [6, 6.07) is 0. The van der Waals surface area contributed by atoms with Gasteiger partial charge in [0.15, 0.2) is 5.82 Å². The van der Waals surface area contributed by atoms with E-state index in [1.807, 2.05) is 6.92 Å². The molecular formula is C10H11F3N2O2. The minimum atomic E-state index is -4.87. The summed E-state index contributed by atoms with van der Waals surface area (Å²) in [6.45, 7) is 3.11. The zero-order chi connectivity index (χ0) is 12.8. The zero-order valence-electron chi connectivity index (χ0n) is 9.28. The Morgan fingerprint density at radius 3 is 2.59 bits per heavy atom. The molecule has 0 N–H and O–H groups in total. The van der Waals surface area contributed by atoms with Crippen LogP contribution in [0.5, 0.6) is 0 Å². The Morgan fingerprint density at radius 1 is 1.53 bits per heavy atom. The Balaban J connectivity index is 2.12. The maximum atomic E-state index is 12.2. The second kappa shape index (κ2) is 3.82. The van der Waals surface area contributed by atoms with Crippen LogP contribution in [0.1, 0.15) is 43.8 Å². The molecule has 1 heterocycles. The first kappa shape index (κ1) is 12.1. The summed E-state index contributed by atoms with van der Waals surface area (Å²) in [5.41, 5.74) is 0. The lowest BCUT2D eigenvalue weighted by molar-refractivity contribution is -0.172. The van der Waals surface area contributed by atoms with Crippen LogP contribution in [0.4, 0.5) is 13.2 Å². The molecule has 2 rings (SSSR count). The van der Waals surface area contributed by atoms with Crippen molar-refractivity contribution in [2.75, 3.05) is 0 Å². The molecule has 1 fully saturated rings. The van der Waals surface area contributed by atoms with Gasteiger partial charge in [0.25, 0.3) is 0 Å². The van der Waals surface area contributed by atoms with Gasteiger partial charge in [0, 0.05) is 5.92 Å². The van der Waals surface area contributed by atoms with Gasteiger partial charge in [0.2, 0.25) is 11.7 Å². The van der Waals surface area contributed by atoms with Crippen LogP contribution in [0.3, 0.4) is 0 Å². The Labute approximate surface area is 95.2 Å². The molecule has 0 bridgehead atoms. The fourth-order valence-corrected chi connectivity index (χ4v) is 1.61. The predicted molar refractivity (Wildman–Crippen MR) is 50.3 cm³/mol. The zero-order valence-corrected chi connectivity index (χ0v) is 9.28. The fourth-order valence-electron chi connectivity index (χ4n) is 1.61. The minimum Gasteiger partial charge on any atom is -0.339 e. The number of hydrogen-bond acceptors (Lipinski definition) is 4. The number of halogens is 3. The number of hydrogen-bond donors (Lipinski definition) is 0. The first-order valence-electron chi connectivity index (χ1n) is 5.25. The van der Waals surface area contributed by atoms with Crippen molar-refractivity contribution in [3.8, 4) is 0 Å². The summed E-state index contributed by atoms with van der Waals surface area (Å²) >= 11 is 0. The number of nitrogens with zero attached hydrogens (tertiary/aromatic N) is 2. The van der Waals surface area contributed by atoms with E-state index in [0.717, 1.165) is 13.3 Å². The quantitative estimate of drug-likeness (QED) is 0.824. The van der Waals surface area contributed by atoms with E-state index in [0.29, 0.717) is 11.7 Å². The van der Waals surface area contributed by atoms with Crippen LogP contribution in [-0.2, 0) is 4.79 Å². The molecule has 17 heavy (non-hydrogen) atoms. The van der Waals surface area contributed by atoms with Gasteiger partial charge >= 0.3 is 6.18 Å². The van der Waals surface area contributed by atoms with Crippen LogP contribution in [0.2, 0.25) is 0 Å². The molecule has 0 aromatic carbocycles. The SMILES string of the molecule is CC(C(=O)C(F)(F)F)c1nc(C2CC2C)no1. The summed E-state index contributed by atoms with van der Waals surface area (Å²) in [6.07, 6.45) is -3.97. The predicted octanol–water partition coefficient (Wildman–Crippen LogP) is 2.43. The van der Waals surface area contributed by atoms with E-state index in [1.54, 1.807) is 0 Å². The smallest absolute Gasteiger partial charge is 0.339 e. The van der Waals surface area contributed by atoms with Crippen molar-refractivity contribution in [3.63, 3.8) is 0 Å². The highest BCUT2D eigenvalue weighted by atomic mass is 19.4. The lowest BCUT2D eigenvalue weighted by atomic mass is 10.1. The summed E-state index contributed by atoms with van der Waals surface area (Å²) in [7, 11) is 0. The molecule has 3 atom stereocenters. The number of rotatable bonds is 3. The van der Waals surface area contributed by atoms with E-state index >= 15 is 0 Å². The van der Waals surface area contributed by atoms with E-state index in [4.69, 9.17) is 4.52 Å². The standard InChI is InChI=1S/C10H11F3N2O2/c1-4-3-6(4)8-14-9(17-15-8)5(2)7(16)10(11,12)13/h4-6H,3H2,1-2H3. The van der Waals surface area contributed by atoms with E-state index in [9.17, 15) is 18.0 Å². The van der Waals surface area contributed by atoms with Gasteiger partial charge in [-0.05, 0) is 19.3 Å². The van der Waals surface area contributed by atoms with Crippen molar-refractivity contribution in [1.82, 2.24) is 10.1 Å². The highest BCUT2D eigenvalue weighted by Crippen LogP contribution is 2.45. The lowest BCUT2D eigenvalue weighted by Gasteiger charge is -2.08. The molecule has 1 aromatic rings. The van der Waals surface area contributed by atoms with Crippen molar-refractivity contribution < 1.29 is 22.5 Å². The molecule has 1 aromatic heterocycles. The molecule has 0 amide bonds. The molecule has 4 nitrogen and oxygen atoms in total. The Morgan fingerprint density at radius 2 is 2.12 bits per heavy atom. The molecule has 0 radical (unpaired) electrons. The van der Waals surface area contributed by atoms with E-state index in [-0.39, 0.29) is 11.8 Å². The number of aromatic nitrogens is 2. The summed E-state index contributed by atoms with van der Waals surface area (Å²) < 4.78 is 41.3. The summed E-state index contributed by atoms with van der Waals surface area (Å²) in [4.78, 5) is 14.8. The van der Waals surface area contributed by atoms with Crippen LogP contribution in [0.25, 0.3) is 0 Å². The first-order valence-corrected chi connectivity index (χ1v) is 5.25. The Hall–Kier alpha value is -1.40. The molecule has 1 aliphatic rings. The number of Topliss-reactive ketones (excluding diaryl/α,β-unsaturated/α-hetero) is 1. The van der Waals surface area contributed by atoms with Crippen LogP contribution in [0.15, 0.2) is 4.52 Å². The Bertz CT molecular complexity index is 441. The molecule has 0 aliphatic heterocycles. The molecular weight excluding hydrogens is 237 g/mol. The van der Waals surface area contributed by atoms with Crippen molar-refractivity contribution in [3.05, 3.63) is 11.7 Å². The van der Waals surface area contributed by atoms with Gasteiger partial charge in [-0.3, -0.25) is 4.79 Å². The van der Waals surface area contributed by atoms with Gasteiger partial charge in [-0.25, -0.2) is 0 Å². The second-order valence-electron chi connectivity index (χ2n) is 4.39. The maximum absolute atomic E-state index is 12.2. The van der Waals surface area contributed by atoms with Gasteiger partial charge in [0.1, 0.15) is 5.92 Å². The summed E-state index contributed by atoms with van der Waals surface area (Å²) in [5, 5.41) is 3.61. The highest BCUT2D eigenvalue weighted by Gasteiger charge is 2.45. The third-order valence-corrected chi connectivity index (χ3v) is 2.94. The normalized spacial score (nSPS) is 25.7. The number of ketones is 1. The summed E-state index contributed by atoms with van der Waals surface area (Å²) in [5.74, 6) is -2.59. The molecule has 1 saturated carbocycles. The molecule has 0 saturated heterocycles. The second-order valence-corrected chi connectivity index (χ2v) is 4.39. The van der Waals surface area contributed by atoms with Gasteiger partial charge in [-0.2, -0.15) is 18.2 Å². The van der Waals surface area contributed by atoms with Gasteiger partial charge in [-0.1, -0.05) is 12.1 Å². The molecule has 0 spiro atoms. The third-order valence-electron chi connectivity index (χ3n) is 2.94. The maximum Gasteiger partial charge on any atom is 0.450 e. The van der Waals surface area contributed by atoms with Crippen molar-refractivity contribution in [2.45, 2.75) is 38.3 Å². The third kappa shape index (κ3) is 2.32. The molecule has 1 aliphatic carbocycles. The monoisotopic (exact) mass is 248 g/mol. The number of carbonyl (C=O) groups is 1. The van der Waals surface area contributed by atoms with E-state index in [2.05, 4.69) is 10.1 Å². The molecule has 3 unspecified atom stereocenters. The van der Waals surface area contributed by atoms with Gasteiger partial charge < -0.3 is 4.52 Å². The van der Waals surface area contributed by atoms with Crippen LogP contribution in [0, 0.1) is 5.92 Å². The van der Waals surface area contributed by atoms with Crippen LogP contribution in [-0.4, -0.2) is 22.1 Å². The van der Waals surface area contributed by atoms with Gasteiger partial charge in [0.05, 0.1) is 0 Å². The van der Waals surface area contributed by atoms with Crippen molar-refractivity contribution >= 4 is 5.78 Å². The first-order chi connectivity index (χ1) is 7.80. The number of alkyl halides is 3. The van der Waals surface area contributed by atoms with Crippen molar-refractivity contribution in [2.24, 2.45) is 5.92 Å². The van der Waals surface area contributed by atoms with E-state index in [1.165, 1.54) is 0 Å². The average Bonchev–Trinajstić information content (AvgIpc) is 2.79.